The van der Waals surface area contributed by atoms with Gasteiger partial charge >= 0.3 is 17.9 Å². The molecule has 0 amide bonds. The summed E-state index contributed by atoms with van der Waals surface area (Å²) in [5, 5.41) is 12.0. The van der Waals surface area contributed by atoms with Gasteiger partial charge in [0.15, 0.2) is 0 Å². The molecular weight excluding hydrogens is 488 g/mol. The zero-order valence-corrected chi connectivity index (χ0v) is 21.9. The van der Waals surface area contributed by atoms with Gasteiger partial charge in [-0.25, -0.2) is 5.26 Å². The Morgan fingerprint density at radius 1 is 1.08 bits per heavy atom. The molecule has 36 heavy (non-hydrogen) atoms. The maximum atomic E-state index is 13.9. The molecule has 1 N–H and O–H groups in total. The Labute approximate surface area is 215 Å². The normalized spacial score (nSPS) is 45.7. The van der Waals surface area contributed by atoms with Crippen molar-refractivity contribution in [3.8, 4) is 0 Å². The van der Waals surface area contributed by atoms with Gasteiger partial charge in [0.05, 0.1) is 30.5 Å². The van der Waals surface area contributed by atoms with E-state index < -0.39 is 28.2 Å². The molecule has 7 rings (SSSR count). The fraction of sp³-hybridized carbons (Fsp3) is 0.885. The molecule has 200 valence electrons. The maximum absolute atomic E-state index is 13.9. The molecule has 10 heteroatoms. The molecule has 7 aliphatic rings. The summed E-state index contributed by atoms with van der Waals surface area (Å²) < 4.78 is 21.2. The topological polar surface area (TPSA) is 118 Å². The van der Waals surface area contributed by atoms with E-state index in [4.69, 9.17) is 19.5 Å². The zero-order valence-electron chi connectivity index (χ0n) is 21.1. The van der Waals surface area contributed by atoms with Gasteiger partial charge in [0.2, 0.25) is 0 Å². The quantitative estimate of drug-likeness (QED) is 0.156. The Morgan fingerprint density at radius 2 is 1.75 bits per heavy atom. The first-order chi connectivity index (χ1) is 17.2. The Balaban J connectivity index is 1.18. The second-order valence-corrected chi connectivity index (χ2v) is 13.9. The Morgan fingerprint density at radius 3 is 2.36 bits per heavy atom. The van der Waals surface area contributed by atoms with Crippen LogP contribution in [0.1, 0.15) is 65.7 Å². The molecule has 0 aromatic carbocycles. The highest BCUT2D eigenvalue weighted by molar-refractivity contribution is 7.96. The number of carbonyl (C=O) groups excluding carboxylic acids is 3. The minimum atomic E-state index is -1.12. The minimum absolute atomic E-state index is 0.0339. The smallest absolute Gasteiger partial charge is 0.324 e. The number of fused-ring (bicyclic) bond motifs is 1. The first-order valence-corrected chi connectivity index (χ1v) is 14.2. The second kappa shape index (κ2) is 8.85. The number of rotatable bonds is 9. The van der Waals surface area contributed by atoms with E-state index in [1.165, 1.54) is 6.42 Å². The van der Waals surface area contributed by atoms with Crippen molar-refractivity contribution < 1.29 is 43.2 Å². The monoisotopic (exact) mass is 524 g/mol. The van der Waals surface area contributed by atoms with E-state index in [1.54, 1.807) is 13.8 Å². The Hall–Kier alpha value is -1.36. The lowest BCUT2D eigenvalue weighted by Gasteiger charge is -2.60. The molecule has 7 fully saturated rings. The fourth-order valence-corrected chi connectivity index (χ4v) is 9.59. The van der Waals surface area contributed by atoms with Crippen molar-refractivity contribution in [2.45, 2.75) is 82.2 Å². The molecule has 6 aliphatic carbocycles. The Kier molecular flexibility index (Phi) is 6.13. The van der Waals surface area contributed by atoms with Gasteiger partial charge < -0.3 is 14.2 Å². The summed E-state index contributed by atoms with van der Waals surface area (Å²) in [4.78, 5) is 39.4. The summed E-state index contributed by atoms with van der Waals surface area (Å²) >= 11 is 0.632. The SMILES string of the molecule is CCC1(OC(=O)C2C3CC4C(OC(=O)C42)C3COC(=O)C(C)(C)SOOO)C2CC3CC(C2)CC1C3. The van der Waals surface area contributed by atoms with Gasteiger partial charge in [-0.15, -0.1) is 4.33 Å². The van der Waals surface area contributed by atoms with E-state index in [9.17, 15) is 14.4 Å². The summed E-state index contributed by atoms with van der Waals surface area (Å²) in [6, 6.07) is 0. The van der Waals surface area contributed by atoms with E-state index in [0.717, 1.165) is 43.9 Å². The van der Waals surface area contributed by atoms with Gasteiger partial charge in [-0.3, -0.25) is 14.4 Å². The van der Waals surface area contributed by atoms with Crippen LogP contribution < -0.4 is 0 Å². The molecular formula is C26H36O9S. The van der Waals surface area contributed by atoms with Gasteiger partial charge in [0.1, 0.15) is 16.5 Å². The predicted molar refractivity (Wildman–Crippen MR) is 126 cm³/mol. The molecule has 6 atom stereocenters. The van der Waals surface area contributed by atoms with Crippen LogP contribution in [0.5, 0.6) is 0 Å². The van der Waals surface area contributed by atoms with Crippen LogP contribution in [0.3, 0.4) is 0 Å². The van der Waals surface area contributed by atoms with Crippen LogP contribution >= 0.6 is 12.0 Å². The molecule has 0 aromatic rings. The van der Waals surface area contributed by atoms with Crippen molar-refractivity contribution in [2.75, 3.05) is 6.61 Å². The summed E-state index contributed by atoms with van der Waals surface area (Å²) in [5.74, 6) is -0.114. The van der Waals surface area contributed by atoms with Gasteiger partial charge in [0, 0.05) is 11.8 Å². The van der Waals surface area contributed by atoms with Gasteiger partial charge in [-0.1, -0.05) is 12.0 Å². The van der Waals surface area contributed by atoms with Crippen LogP contribution in [0.2, 0.25) is 0 Å². The van der Waals surface area contributed by atoms with Crippen LogP contribution in [0, 0.1) is 53.3 Å². The first-order valence-electron chi connectivity index (χ1n) is 13.4. The molecule has 1 aliphatic heterocycles. The molecule has 9 nitrogen and oxygen atoms in total. The van der Waals surface area contributed by atoms with E-state index in [1.807, 2.05) is 0 Å². The largest absolute Gasteiger partial charge is 0.464 e. The van der Waals surface area contributed by atoms with Crippen molar-refractivity contribution in [2.24, 2.45) is 53.3 Å². The standard InChI is InChI=1S/C26H36O9S/c1-4-26(14-6-12-5-13(8-14)9-15(26)7-12)33-23(28)19-16-10-17-20(19)22(27)32-21(17)18(16)11-31-24(29)25(2,3)36-35-34-30/h12-21,30H,4-11H2,1-3H3. The first kappa shape index (κ1) is 24.9. The highest BCUT2D eigenvalue weighted by Crippen LogP contribution is 2.63. The van der Waals surface area contributed by atoms with E-state index in [-0.39, 0.29) is 42.4 Å². The molecule has 1 saturated heterocycles. The van der Waals surface area contributed by atoms with Gasteiger partial charge in [-0.05, 0) is 88.4 Å². The number of ether oxygens (including phenoxy) is 3. The lowest BCUT2D eigenvalue weighted by atomic mass is 9.49. The molecule has 0 spiro atoms. The van der Waals surface area contributed by atoms with Crippen LogP contribution in [0.15, 0.2) is 0 Å². The molecule has 1 heterocycles. The zero-order chi connectivity index (χ0) is 25.4. The van der Waals surface area contributed by atoms with E-state index in [2.05, 4.69) is 16.3 Å². The van der Waals surface area contributed by atoms with E-state index >= 15 is 0 Å². The number of hydrogen-bond acceptors (Lipinski definition) is 10. The Bertz CT molecular complexity index is 906. The average molecular weight is 525 g/mol. The maximum Gasteiger partial charge on any atom is 0.324 e. The molecule has 6 bridgehead atoms. The highest BCUT2D eigenvalue weighted by atomic mass is 32.2. The van der Waals surface area contributed by atoms with Gasteiger partial charge in [0.25, 0.3) is 0 Å². The van der Waals surface area contributed by atoms with Crippen molar-refractivity contribution in [1.82, 2.24) is 0 Å². The summed E-state index contributed by atoms with van der Waals surface area (Å²) in [7, 11) is 0. The molecule has 6 saturated carbocycles. The average Bonchev–Trinajstić information content (AvgIpc) is 3.46. The van der Waals surface area contributed by atoms with Crippen LogP contribution in [0.25, 0.3) is 0 Å². The molecule has 0 aromatic heterocycles. The highest BCUT2D eigenvalue weighted by Gasteiger charge is 2.70. The summed E-state index contributed by atoms with van der Waals surface area (Å²) in [6.07, 6.45) is 7.12. The van der Waals surface area contributed by atoms with Crippen molar-refractivity contribution in [3.05, 3.63) is 0 Å². The number of carbonyl (C=O) groups is 3. The van der Waals surface area contributed by atoms with Crippen LogP contribution in [-0.4, -0.2) is 46.2 Å². The molecule has 0 radical (unpaired) electrons. The molecule has 6 unspecified atom stereocenters. The van der Waals surface area contributed by atoms with Crippen molar-refractivity contribution in [3.63, 3.8) is 0 Å². The summed E-state index contributed by atoms with van der Waals surface area (Å²) in [5.41, 5.74) is -0.410. The number of esters is 3. The summed E-state index contributed by atoms with van der Waals surface area (Å²) in [6.45, 7) is 5.36. The third-order valence-corrected chi connectivity index (χ3v) is 11.3. The fourth-order valence-electron chi connectivity index (χ4n) is 9.26. The van der Waals surface area contributed by atoms with Crippen LogP contribution in [0.4, 0.5) is 0 Å². The predicted octanol–water partition coefficient (Wildman–Crippen LogP) is 3.95. The van der Waals surface area contributed by atoms with Crippen molar-refractivity contribution in [1.29, 1.82) is 0 Å². The minimum Gasteiger partial charge on any atom is -0.464 e. The lowest BCUT2D eigenvalue weighted by Crippen LogP contribution is -2.60. The lowest BCUT2D eigenvalue weighted by molar-refractivity contribution is -0.432. The van der Waals surface area contributed by atoms with E-state index in [0.29, 0.717) is 30.3 Å². The second-order valence-electron chi connectivity index (χ2n) is 12.5. The van der Waals surface area contributed by atoms with Crippen molar-refractivity contribution >= 4 is 30.0 Å². The van der Waals surface area contributed by atoms with Gasteiger partial charge in [-0.2, -0.15) is 0 Å². The third kappa shape index (κ3) is 3.65. The third-order valence-electron chi connectivity index (χ3n) is 10.6. The number of hydrogen-bond donors (Lipinski definition) is 1. The van der Waals surface area contributed by atoms with Crippen LogP contribution in [-0.2, 0) is 38.0 Å².